The van der Waals surface area contributed by atoms with Gasteiger partial charge in [-0.15, -0.1) is 0 Å². The van der Waals surface area contributed by atoms with Gasteiger partial charge < -0.3 is 0 Å². The molecule has 264 valence electrons. The average Bonchev–Trinajstić information content (AvgIpc) is 3.53. The number of nitrogens with zero attached hydrogens (tertiary/aromatic N) is 5. The monoisotopic (exact) mass is 731 g/mol. The second-order valence-corrected chi connectivity index (χ2v) is 21.8. The third-order valence-corrected chi connectivity index (χ3v) is 16.2. The van der Waals surface area contributed by atoms with Crippen molar-refractivity contribution in [3.05, 3.63) is 95.6 Å². The lowest BCUT2D eigenvalue weighted by atomic mass is 9.91. The van der Waals surface area contributed by atoms with Crippen molar-refractivity contribution >= 4 is 50.4 Å². The Morgan fingerprint density at radius 1 is 0.353 bits per heavy atom. The van der Waals surface area contributed by atoms with Gasteiger partial charge in [-0.05, 0) is 89.2 Å². The van der Waals surface area contributed by atoms with Crippen LogP contribution in [0, 0.1) is 0 Å². The minimum atomic E-state index is -0.131. The molecule has 0 amide bonds. The number of thioether (sulfide) groups is 3. The molecule has 0 unspecified atom stereocenters. The van der Waals surface area contributed by atoms with E-state index in [1.807, 2.05) is 35.3 Å². The van der Waals surface area contributed by atoms with E-state index >= 15 is 0 Å². The molecule has 0 saturated carbocycles. The van der Waals surface area contributed by atoms with Crippen molar-refractivity contribution in [2.24, 2.45) is 15.0 Å². The van der Waals surface area contributed by atoms with Crippen LogP contribution in [0.5, 0.6) is 0 Å². The number of aliphatic imine (C=N–C) groups is 3. The molecule has 0 spiro atoms. The predicted molar refractivity (Wildman–Crippen MR) is 225 cm³/mol. The molecule has 1 aromatic heterocycles. The molecule has 5 nitrogen and oxygen atoms in total. The summed E-state index contributed by atoms with van der Waals surface area (Å²) in [6.07, 6.45) is 0. The van der Waals surface area contributed by atoms with Crippen molar-refractivity contribution in [2.45, 2.75) is 114 Å². The van der Waals surface area contributed by atoms with Crippen LogP contribution in [0.4, 0.5) is 0 Å². The molecule has 0 fully saturated rings. The van der Waals surface area contributed by atoms with Crippen LogP contribution < -0.4 is 0 Å². The van der Waals surface area contributed by atoms with Crippen molar-refractivity contribution in [2.75, 3.05) is 0 Å². The van der Waals surface area contributed by atoms with E-state index in [4.69, 9.17) is 24.9 Å². The van der Waals surface area contributed by atoms with Gasteiger partial charge in [-0.2, -0.15) is 0 Å². The van der Waals surface area contributed by atoms with Crippen LogP contribution >= 0.6 is 35.3 Å². The first-order valence-electron chi connectivity index (χ1n) is 17.8. The Labute approximate surface area is 317 Å². The van der Waals surface area contributed by atoms with Crippen molar-refractivity contribution in [1.29, 1.82) is 0 Å². The highest BCUT2D eigenvalue weighted by atomic mass is 32.2. The molecule has 0 atom stereocenters. The van der Waals surface area contributed by atoms with Gasteiger partial charge in [0, 0.05) is 47.6 Å². The van der Waals surface area contributed by atoms with Crippen LogP contribution in [0.3, 0.4) is 0 Å². The van der Waals surface area contributed by atoms with Crippen molar-refractivity contribution < 1.29 is 0 Å². The van der Waals surface area contributed by atoms with Crippen LogP contribution in [0.2, 0.25) is 0 Å². The molecule has 4 aromatic rings. The van der Waals surface area contributed by atoms with Crippen LogP contribution in [-0.2, 0) is 0 Å². The summed E-state index contributed by atoms with van der Waals surface area (Å²) in [4.78, 5) is 25.6. The Kier molecular flexibility index (Phi) is 8.63. The summed E-state index contributed by atoms with van der Waals surface area (Å²) in [5.41, 5.74) is 7.85. The zero-order chi connectivity index (χ0) is 36.8. The number of hydrogen-bond acceptors (Lipinski definition) is 8. The third kappa shape index (κ3) is 6.54. The standard InChI is InChI=1S/C43H49N5S3/c1-38(2)41(7,8)49-35(46-38)29-19-13-26(14-20-29)32-25-33(27-15-21-30(22-16-27)36-47-39(3,4)42(9,10)50-36)45-34(44-32)28-17-23-31(24-18-28)37-48-40(5,6)43(11,12)51-37/h13-25H,1-12H3. The largest absolute Gasteiger partial charge is 0.270 e. The van der Waals surface area contributed by atoms with Gasteiger partial charge in [-0.3, -0.25) is 15.0 Å². The molecule has 3 aromatic carbocycles. The van der Waals surface area contributed by atoms with Crippen molar-refractivity contribution in [1.82, 2.24) is 9.97 Å². The fourth-order valence-electron chi connectivity index (χ4n) is 5.91. The molecule has 7 rings (SSSR count). The van der Waals surface area contributed by atoms with E-state index in [2.05, 4.69) is 162 Å². The van der Waals surface area contributed by atoms with Gasteiger partial charge in [-0.1, -0.05) is 108 Å². The van der Waals surface area contributed by atoms with Gasteiger partial charge in [0.2, 0.25) is 0 Å². The average molecular weight is 732 g/mol. The van der Waals surface area contributed by atoms with Crippen LogP contribution in [0.25, 0.3) is 33.9 Å². The molecule has 8 heteroatoms. The number of benzene rings is 3. The Bertz CT molecular complexity index is 1850. The van der Waals surface area contributed by atoms with Crippen molar-refractivity contribution in [3.8, 4) is 33.9 Å². The first-order chi connectivity index (χ1) is 23.7. The van der Waals surface area contributed by atoms with Gasteiger partial charge in [0.1, 0.15) is 0 Å². The maximum Gasteiger partial charge on any atom is 0.160 e. The van der Waals surface area contributed by atoms with E-state index in [0.717, 1.165) is 59.9 Å². The lowest BCUT2D eigenvalue weighted by Crippen LogP contribution is -2.36. The molecule has 51 heavy (non-hydrogen) atoms. The molecule has 0 N–H and O–H groups in total. The number of aromatic nitrogens is 2. The Hall–Kier alpha value is -3.20. The molecule has 0 bridgehead atoms. The summed E-state index contributed by atoms with van der Waals surface area (Å²) in [7, 11) is 0. The second-order valence-electron chi connectivity index (χ2n) is 17.0. The summed E-state index contributed by atoms with van der Waals surface area (Å²) in [5.74, 6) is 0.697. The van der Waals surface area contributed by atoms with E-state index in [1.54, 1.807) is 0 Å². The lowest BCUT2D eigenvalue weighted by molar-refractivity contribution is 0.426. The first-order valence-corrected chi connectivity index (χ1v) is 20.2. The second kappa shape index (κ2) is 12.2. The summed E-state index contributed by atoms with van der Waals surface area (Å²) in [6, 6.07) is 28.0. The summed E-state index contributed by atoms with van der Waals surface area (Å²) in [5, 5.41) is 3.27. The predicted octanol–water partition coefficient (Wildman–Crippen LogP) is 11.6. The Morgan fingerprint density at radius 2 is 0.608 bits per heavy atom. The van der Waals surface area contributed by atoms with Crippen molar-refractivity contribution in [3.63, 3.8) is 0 Å². The summed E-state index contributed by atoms with van der Waals surface area (Å²) >= 11 is 5.55. The van der Waals surface area contributed by atoms with Crippen LogP contribution in [-0.4, -0.2) is 56.0 Å². The molecule has 0 saturated heterocycles. The maximum atomic E-state index is 5.15. The van der Waals surface area contributed by atoms with E-state index in [0.29, 0.717) is 5.82 Å². The third-order valence-electron chi connectivity index (χ3n) is 11.6. The van der Waals surface area contributed by atoms with E-state index in [1.165, 1.54) is 0 Å². The minimum Gasteiger partial charge on any atom is -0.270 e. The number of hydrogen-bond donors (Lipinski definition) is 0. The summed E-state index contributed by atoms with van der Waals surface area (Å²) < 4.78 is 0.102. The van der Waals surface area contributed by atoms with Gasteiger partial charge in [0.25, 0.3) is 0 Å². The fraction of sp³-hybridized carbons (Fsp3) is 0.419. The molecule has 3 aliphatic heterocycles. The molecule has 4 heterocycles. The molecule has 0 radical (unpaired) electrons. The van der Waals surface area contributed by atoms with Gasteiger partial charge in [-0.25, -0.2) is 9.97 Å². The maximum absolute atomic E-state index is 5.15. The lowest BCUT2D eigenvalue weighted by Gasteiger charge is -2.30. The molecule has 3 aliphatic rings. The molecular weight excluding hydrogens is 683 g/mol. The highest BCUT2D eigenvalue weighted by Gasteiger charge is 2.46. The topological polar surface area (TPSA) is 62.9 Å². The summed E-state index contributed by atoms with van der Waals surface area (Å²) in [6.45, 7) is 26.9. The quantitative estimate of drug-likeness (QED) is 0.198. The van der Waals surface area contributed by atoms with Crippen LogP contribution in [0.1, 0.15) is 99.8 Å². The Balaban J connectivity index is 1.25. The fourth-order valence-corrected chi connectivity index (χ4v) is 9.82. The smallest absolute Gasteiger partial charge is 0.160 e. The number of rotatable bonds is 6. The zero-order valence-electron chi connectivity index (χ0n) is 32.0. The van der Waals surface area contributed by atoms with E-state index < -0.39 is 0 Å². The van der Waals surface area contributed by atoms with Gasteiger partial charge in [0.05, 0.1) is 43.1 Å². The molecule has 0 aliphatic carbocycles. The highest BCUT2D eigenvalue weighted by Crippen LogP contribution is 2.48. The minimum absolute atomic E-state index is 0.0311. The van der Waals surface area contributed by atoms with E-state index in [9.17, 15) is 0 Å². The first kappa shape index (κ1) is 36.2. The van der Waals surface area contributed by atoms with Gasteiger partial charge in [0.15, 0.2) is 5.82 Å². The van der Waals surface area contributed by atoms with Crippen LogP contribution in [0.15, 0.2) is 93.8 Å². The normalized spacial score (nSPS) is 22.0. The van der Waals surface area contributed by atoms with Gasteiger partial charge >= 0.3 is 0 Å². The molecular formula is C43H49N5S3. The Morgan fingerprint density at radius 3 is 0.863 bits per heavy atom. The SMILES string of the molecule is CC1(C)N=C(c2ccc(-c3cc(-c4ccc(C5=NC(C)(C)C(C)(C)S5)cc4)nc(-c4ccc(C5=NC(C)(C)C(C)(C)S5)cc4)n3)cc2)SC1(C)C. The van der Waals surface area contributed by atoms with E-state index in [-0.39, 0.29) is 30.9 Å². The highest BCUT2D eigenvalue weighted by molar-refractivity contribution is 8.16. The zero-order valence-corrected chi connectivity index (χ0v) is 34.4.